The summed E-state index contributed by atoms with van der Waals surface area (Å²) in [5.74, 6) is -1.33. The summed E-state index contributed by atoms with van der Waals surface area (Å²) < 4.78 is 70.6. The number of nitrogens with one attached hydrogen (secondary N) is 1. The first-order valence-corrected chi connectivity index (χ1v) is 11.6. The molecule has 2 aromatic heterocycles. The van der Waals surface area contributed by atoms with Crippen LogP contribution in [0.5, 0.6) is 0 Å². The minimum atomic E-state index is -4.67. The van der Waals surface area contributed by atoms with Gasteiger partial charge in [0, 0.05) is 7.05 Å². The topological polar surface area (TPSA) is 127 Å². The van der Waals surface area contributed by atoms with E-state index < -0.39 is 38.6 Å². The molecule has 3 N–H and O–H groups in total. The predicted octanol–water partition coefficient (Wildman–Crippen LogP) is 2.25. The van der Waals surface area contributed by atoms with Gasteiger partial charge in [0.2, 0.25) is 16.0 Å². The second-order valence-electron chi connectivity index (χ2n) is 7.06. The number of rotatable bonds is 3. The van der Waals surface area contributed by atoms with Crippen molar-refractivity contribution in [1.82, 2.24) is 9.29 Å². The zero-order valence-electron chi connectivity index (χ0n) is 16.2. The normalized spacial score (nSPS) is 24.7. The molecule has 1 saturated heterocycles. The lowest BCUT2D eigenvalue weighted by atomic mass is 9.96. The van der Waals surface area contributed by atoms with Crippen molar-refractivity contribution in [3.63, 3.8) is 0 Å². The van der Waals surface area contributed by atoms with Crippen molar-refractivity contribution in [2.75, 3.05) is 25.6 Å². The molecule has 2 aromatic rings. The van der Waals surface area contributed by atoms with Gasteiger partial charge in [-0.2, -0.15) is 13.2 Å². The number of carbonyl (C=O) groups excluding carboxylic acids is 1. The van der Waals surface area contributed by atoms with Crippen LogP contribution in [0.4, 0.5) is 19.0 Å². The number of fused-ring (bicyclic) bond motifs is 1. The lowest BCUT2D eigenvalue weighted by Crippen LogP contribution is -2.56. The van der Waals surface area contributed by atoms with Gasteiger partial charge in [0.25, 0.3) is 5.91 Å². The maximum absolute atomic E-state index is 12.9. The molecule has 2 aliphatic rings. The largest absolute Gasteiger partial charge is 0.433 e. The fraction of sp³-hybridized carbons (Fsp3) is 0.353. The molecule has 2 unspecified atom stereocenters. The van der Waals surface area contributed by atoms with Crippen molar-refractivity contribution in [3.8, 4) is 0 Å². The van der Waals surface area contributed by atoms with Gasteiger partial charge in [-0.25, -0.2) is 22.7 Å². The SMILES string of the molecule is CN1C(N)=NC2(c3sc(C(=O)Nc4cccc(C(F)(F)F)n4)cc3Cl)COCC2S1(=O)=O. The Balaban J connectivity index is 1.69. The first-order valence-electron chi connectivity index (χ1n) is 8.92. The average Bonchev–Trinajstić information content (AvgIpc) is 3.31. The van der Waals surface area contributed by atoms with Crippen molar-refractivity contribution in [2.45, 2.75) is 17.0 Å². The highest BCUT2D eigenvalue weighted by atomic mass is 35.5. The third-order valence-corrected chi connectivity index (χ3v) is 8.99. The highest BCUT2D eigenvalue weighted by Crippen LogP contribution is 2.48. The monoisotopic (exact) mass is 509 g/mol. The Bertz CT molecular complexity index is 1230. The average molecular weight is 510 g/mol. The zero-order valence-corrected chi connectivity index (χ0v) is 18.6. The van der Waals surface area contributed by atoms with Gasteiger partial charge in [-0.1, -0.05) is 17.7 Å². The number of alkyl halides is 3. The molecule has 2 atom stereocenters. The molecule has 0 radical (unpaired) electrons. The number of thiophene rings is 1. The number of nitrogens with zero attached hydrogens (tertiary/aromatic N) is 3. The number of sulfonamides is 1. The number of carbonyl (C=O) groups is 1. The van der Waals surface area contributed by atoms with Crippen LogP contribution < -0.4 is 11.1 Å². The van der Waals surface area contributed by atoms with E-state index in [9.17, 15) is 26.4 Å². The van der Waals surface area contributed by atoms with Crippen molar-refractivity contribution in [3.05, 3.63) is 44.7 Å². The molecule has 0 spiro atoms. The van der Waals surface area contributed by atoms with Crippen LogP contribution in [-0.2, 0) is 26.5 Å². The van der Waals surface area contributed by atoms with Crippen LogP contribution in [0.2, 0.25) is 5.02 Å². The van der Waals surface area contributed by atoms with Crippen LogP contribution in [0.25, 0.3) is 0 Å². The lowest BCUT2D eigenvalue weighted by molar-refractivity contribution is -0.141. The molecule has 1 amide bonds. The van der Waals surface area contributed by atoms with Crippen molar-refractivity contribution >= 4 is 50.6 Å². The highest BCUT2D eigenvalue weighted by molar-refractivity contribution is 7.90. The molecule has 172 valence electrons. The van der Waals surface area contributed by atoms with Crippen LogP contribution in [0.3, 0.4) is 0 Å². The molecule has 0 aromatic carbocycles. The van der Waals surface area contributed by atoms with Crippen molar-refractivity contribution in [1.29, 1.82) is 0 Å². The van der Waals surface area contributed by atoms with E-state index in [-0.39, 0.29) is 39.8 Å². The first-order chi connectivity index (χ1) is 14.9. The summed E-state index contributed by atoms with van der Waals surface area (Å²) in [5, 5.41) is 1.24. The third kappa shape index (κ3) is 3.60. The van der Waals surface area contributed by atoms with Crippen LogP contribution in [0.1, 0.15) is 20.2 Å². The summed E-state index contributed by atoms with van der Waals surface area (Å²) in [6.07, 6.45) is -4.67. The first kappa shape index (κ1) is 22.8. The molecule has 4 rings (SSSR count). The minimum absolute atomic E-state index is 0.0225. The molecular formula is C17H15ClF3N5O4S2. The summed E-state index contributed by atoms with van der Waals surface area (Å²) in [5.41, 5.74) is 3.22. The standard InChI is InChI=1S/C17H15ClF3N5O4S2/c1-26-15(22)25-16(7-30-6-11(16)32(26,28)29)13-8(18)5-9(31-13)14(27)24-12-4-2-3-10(23-12)17(19,20)21/h2-5,11H,6-7H2,1H3,(H2,22,25)(H,23,24,27). The fourth-order valence-electron chi connectivity index (χ4n) is 3.46. The fourth-order valence-corrected chi connectivity index (χ4v) is 6.79. The second kappa shape index (κ2) is 7.57. The van der Waals surface area contributed by atoms with E-state index in [1.165, 1.54) is 19.2 Å². The maximum Gasteiger partial charge on any atom is 0.433 e. The Kier molecular flexibility index (Phi) is 5.39. The summed E-state index contributed by atoms with van der Waals surface area (Å²) in [6, 6.07) is 4.37. The predicted molar refractivity (Wildman–Crippen MR) is 111 cm³/mol. The molecule has 0 aliphatic carbocycles. The second-order valence-corrected chi connectivity index (χ2v) is 10.7. The van der Waals surface area contributed by atoms with E-state index >= 15 is 0 Å². The van der Waals surface area contributed by atoms with E-state index in [0.717, 1.165) is 27.8 Å². The number of amides is 1. The molecule has 15 heteroatoms. The van der Waals surface area contributed by atoms with E-state index in [1.807, 2.05) is 0 Å². The molecular weight excluding hydrogens is 495 g/mol. The molecule has 0 saturated carbocycles. The van der Waals surface area contributed by atoms with Gasteiger partial charge >= 0.3 is 6.18 Å². The molecule has 9 nitrogen and oxygen atoms in total. The third-order valence-electron chi connectivity index (χ3n) is 5.09. The molecule has 2 aliphatic heterocycles. The summed E-state index contributed by atoms with van der Waals surface area (Å²) in [6.45, 7) is -0.269. The van der Waals surface area contributed by atoms with Gasteiger partial charge in [0.1, 0.15) is 22.3 Å². The smallest absolute Gasteiger partial charge is 0.377 e. The molecule has 4 heterocycles. The number of aliphatic imine (C=N–C) groups is 1. The van der Waals surface area contributed by atoms with Gasteiger partial charge in [-0.15, -0.1) is 11.3 Å². The Morgan fingerprint density at radius 2 is 2.16 bits per heavy atom. The Labute approximate surface area is 189 Å². The maximum atomic E-state index is 12.9. The van der Waals surface area contributed by atoms with Gasteiger partial charge in [-0.3, -0.25) is 4.79 Å². The van der Waals surface area contributed by atoms with Crippen LogP contribution >= 0.6 is 22.9 Å². The minimum Gasteiger partial charge on any atom is -0.377 e. The molecule has 32 heavy (non-hydrogen) atoms. The number of hydrogen-bond acceptors (Lipinski definition) is 8. The van der Waals surface area contributed by atoms with E-state index in [2.05, 4.69) is 15.3 Å². The van der Waals surface area contributed by atoms with Crippen molar-refractivity contribution in [2.24, 2.45) is 10.7 Å². The number of halogens is 4. The number of pyridine rings is 1. The van der Waals surface area contributed by atoms with Gasteiger partial charge < -0.3 is 15.8 Å². The summed E-state index contributed by atoms with van der Waals surface area (Å²) >= 11 is 7.20. The molecule has 1 fully saturated rings. The number of hydrogen-bond donors (Lipinski definition) is 2. The van der Waals surface area contributed by atoms with Gasteiger partial charge in [-0.05, 0) is 18.2 Å². The van der Waals surface area contributed by atoms with Gasteiger partial charge in [0.15, 0.2) is 0 Å². The Morgan fingerprint density at radius 3 is 2.84 bits per heavy atom. The van der Waals surface area contributed by atoms with Crippen LogP contribution in [0.15, 0.2) is 29.3 Å². The number of aromatic nitrogens is 1. The van der Waals surface area contributed by atoms with E-state index in [1.54, 1.807) is 0 Å². The van der Waals surface area contributed by atoms with E-state index in [4.69, 9.17) is 22.1 Å². The number of guanidine groups is 1. The Hall–Kier alpha value is -2.42. The van der Waals surface area contributed by atoms with Gasteiger partial charge in [0.05, 0.1) is 28.0 Å². The lowest BCUT2D eigenvalue weighted by Gasteiger charge is -2.37. The van der Waals surface area contributed by atoms with Crippen LogP contribution in [-0.4, -0.2) is 55.1 Å². The number of ether oxygens (including phenoxy) is 1. The van der Waals surface area contributed by atoms with Crippen molar-refractivity contribution < 1.29 is 31.1 Å². The zero-order chi connectivity index (χ0) is 23.5. The molecule has 0 bridgehead atoms. The quantitative estimate of drug-likeness (QED) is 0.653. The summed E-state index contributed by atoms with van der Waals surface area (Å²) in [7, 11) is -2.64. The highest BCUT2D eigenvalue weighted by Gasteiger charge is 2.58. The number of anilines is 1. The van der Waals surface area contributed by atoms with E-state index in [0.29, 0.717) is 0 Å². The van der Waals surface area contributed by atoms with Crippen LogP contribution in [0, 0.1) is 0 Å². The summed E-state index contributed by atoms with van der Waals surface area (Å²) in [4.78, 5) is 20.7. The Morgan fingerprint density at radius 1 is 1.44 bits per heavy atom. The number of nitrogens with two attached hydrogens (primary N) is 1.